The SMILES string of the molecule is [2H]C([2H])([2H])c1cc(-c2cc3oc4ccc5ccccc5c4c3cc2C)[n+](C)cc1C([2H])([2H])[2H]. The standard InChI is InChI=1S/C25H22NO/c1-15-12-22(26(4)14-17(15)3)20-13-24-21(11-16(20)2)25-19-8-6-5-7-18(19)9-10-23(25)27-24/h5-14H,1-4H3/q+1/i1D3,3D3. The largest absolute Gasteiger partial charge is 0.456 e. The average molecular weight is 358 g/mol. The van der Waals surface area contributed by atoms with Crippen LogP contribution in [0.1, 0.15) is 24.9 Å². The number of aryl methyl sites for hydroxylation is 4. The van der Waals surface area contributed by atoms with Gasteiger partial charge in [-0.3, -0.25) is 0 Å². The summed E-state index contributed by atoms with van der Waals surface area (Å²) in [5.41, 5.74) is 3.48. The Balaban J connectivity index is 1.80. The molecule has 27 heavy (non-hydrogen) atoms. The Labute approximate surface area is 167 Å². The molecule has 3 aromatic carbocycles. The zero-order chi connectivity index (χ0) is 23.7. The van der Waals surface area contributed by atoms with E-state index in [4.69, 9.17) is 12.6 Å². The summed E-state index contributed by atoms with van der Waals surface area (Å²) in [6.45, 7) is -3.12. The third-order valence-corrected chi connectivity index (χ3v) is 5.26. The first-order valence-electron chi connectivity index (χ1n) is 11.8. The number of nitrogens with zero attached hydrogens (tertiary/aromatic N) is 1. The van der Waals surface area contributed by atoms with Crippen LogP contribution in [0.2, 0.25) is 0 Å². The van der Waals surface area contributed by atoms with E-state index in [1.807, 2.05) is 37.3 Å². The monoisotopic (exact) mass is 358 g/mol. The highest BCUT2D eigenvalue weighted by Crippen LogP contribution is 2.37. The lowest BCUT2D eigenvalue weighted by atomic mass is 9.98. The summed E-state index contributed by atoms with van der Waals surface area (Å²) in [7, 11) is 1.73. The normalized spacial score (nSPS) is 15.9. The molecular formula is C25H22NO+. The van der Waals surface area contributed by atoms with Gasteiger partial charge in [-0.05, 0) is 60.7 Å². The Morgan fingerprint density at radius 2 is 1.70 bits per heavy atom. The number of hydrogen-bond donors (Lipinski definition) is 0. The summed E-state index contributed by atoms with van der Waals surface area (Å²) in [4.78, 5) is 0. The number of rotatable bonds is 1. The third-order valence-electron chi connectivity index (χ3n) is 5.26. The minimum atomic E-state index is -2.55. The van der Waals surface area contributed by atoms with Gasteiger partial charge in [0.15, 0.2) is 6.20 Å². The molecule has 0 aliphatic carbocycles. The lowest BCUT2D eigenvalue weighted by Crippen LogP contribution is -2.31. The molecule has 2 aromatic heterocycles. The van der Waals surface area contributed by atoms with Crippen molar-refractivity contribution in [1.29, 1.82) is 0 Å². The molecule has 5 aromatic rings. The molecule has 0 spiro atoms. The molecule has 0 N–H and O–H groups in total. The Hall–Kier alpha value is -3.13. The van der Waals surface area contributed by atoms with Crippen molar-refractivity contribution in [3.8, 4) is 11.3 Å². The van der Waals surface area contributed by atoms with Gasteiger partial charge in [-0.1, -0.05) is 30.3 Å². The summed E-state index contributed by atoms with van der Waals surface area (Å²) in [5.74, 6) is 0. The summed E-state index contributed by atoms with van der Waals surface area (Å²) in [6.07, 6.45) is 1.40. The number of pyridine rings is 1. The van der Waals surface area contributed by atoms with E-state index >= 15 is 0 Å². The highest BCUT2D eigenvalue weighted by molar-refractivity contribution is 6.19. The first-order chi connectivity index (χ1) is 15.4. The van der Waals surface area contributed by atoms with Gasteiger partial charge in [0.05, 0.1) is 5.56 Å². The molecule has 0 unspecified atom stereocenters. The van der Waals surface area contributed by atoms with Crippen molar-refractivity contribution in [3.05, 3.63) is 77.5 Å². The molecule has 0 aliphatic rings. The first-order valence-corrected chi connectivity index (χ1v) is 8.85. The first kappa shape index (κ1) is 10.9. The number of benzene rings is 3. The minimum absolute atomic E-state index is 0.161. The zero-order valence-corrected chi connectivity index (χ0v) is 15.1. The Morgan fingerprint density at radius 3 is 2.56 bits per heavy atom. The van der Waals surface area contributed by atoms with Crippen LogP contribution in [0.4, 0.5) is 0 Å². The highest BCUT2D eigenvalue weighted by Gasteiger charge is 2.18. The molecule has 5 rings (SSSR count). The Bertz CT molecular complexity index is 1560. The van der Waals surface area contributed by atoms with Crippen molar-refractivity contribution in [3.63, 3.8) is 0 Å². The van der Waals surface area contributed by atoms with Crippen LogP contribution >= 0.6 is 0 Å². The maximum atomic E-state index is 7.91. The van der Waals surface area contributed by atoms with Gasteiger partial charge in [0, 0.05) is 30.6 Å². The fourth-order valence-electron chi connectivity index (χ4n) is 3.89. The van der Waals surface area contributed by atoms with E-state index < -0.39 is 13.7 Å². The number of aromatic nitrogens is 1. The molecule has 132 valence electrons. The van der Waals surface area contributed by atoms with Gasteiger partial charge >= 0.3 is 0 Å². The second kappa shape index (κ2) is 5.68. The van der Waals surface area contributed by atoms with E-state index in [1.165, 1.54) is 12.3 Å². The number of hydrogen-bond acceptors (Lipinski definition) is 1. The smallest absolute Gasteiger partial charge is 0.212 e. The minimum Gasteiger partial charge on any atom is -0.456 e. The second-order valence-electron chi connectivity index (χ2n) is 7.02. The molecule has 0 amide bonds. The molecule has 0 fully saturated rings. The number of fused-ring (bicyclic) bond motifs is 5. The maximum absolute atomic E-state index is 7.91. The van der Waals surface area contributed by atoms with Gasteiger partial charge < -0.3 is 4.42 Å². The van der Waals surface area contributed by atoms with E-state index in [2.05, 4.69) is 18.2 Å². The van der Waals surface area contributed by atoms with Gasteiger partial charge in [0.2, 0.25) is 5.69 Å². The number of furan rings is 1. The van der Waals surface area contributed by atoms with Crippen molar-refractivity contribution in [1.82, 2.24) is 0 Å². The van der Waals surface area contributed by atoms with Crippen LogP contribution in [0.15, 0.2) is 65.2 Å². The van der Waals surface area contributed by atoms with Crippen LogP contribution in [-0.2, 0) is 7.05 Å². The Kier molecular flexibility index (Phi) is 2.29. The van der Waals surface area contributed by atoms with Crippen molar-refractivity contribution in [2.24, 2.45) is 7.05 Å². The van der Waals surface area contributed by atoms with E-state index in [0.29, 0.717) is 11.3 Å². The van der Waals surface area contributed by atoms with Gasteiger partial charge in [0.25, 0.3) is 0 Å². The summed E-state index contributed by atoms with van der Waals surface area (Å²) >= 11 is 0. The topological polar surface area (TPSA) is 17.0 Å². The summed E-state index contributed by atoms with van der Waals surface area (Å²) in [5, 5.41) is 4.27. The molecule has 0 aliphatic heterocycles. The maximum Gasteiger partial charge on any atom is 0.212 e. The van der Waals surface area contributed by atoms with Gasteiger partial charge in [0.1, 0.15) is 18.2 Å². The van der Waals surface area contributed by atoms with E-state index in [0.717, 1.165) is 38.3 Å². The molecule has 2 heteroatoms. The average Bonchev–Trinajstić information content (AvgIpc) is 3.09. The molecule has 0 saturated carbocycles. The van der Waals surface area contributed by atoms with Crippen molar-refractivity contribution < 1.29 is 17.2 Å². The van der Waals surface area contributed by atoms with Crippen molar-refractivity contribution >= 4 is 32.7 Å². The van der Waals surface area contributed by atoms with Crippen LogP contribution in [0, 0.1) is 20.6 Å². The van der Waals surface area contributed by atoms with Gasteiger partial charge in [-0.2, -0.15) is 0 Å². The van der Waals surface area contributed by atoms with Crippen LogP contribution in [-0.4, -0.2) is 0 Å². The van der Waals surface area contributed by atoms with Crippen LogP contribution in [0.25, 0.3) is 44.0 Å². The zero-order valence-electron chi connectivity index (χ0n) is 21.1. The van der Waals surface area contributed by atoms with Crippen molar-refractivity contribution in [2.45, 2.75) is 20.6 Å². The predicted octanol–water partition coefficient (Wildman–Crippen LogP) is 6.16. The Morgan fingerprint density at radius 1 is 0.852 bits per heavy atom. The van der Waals surface area contributed by atoms with E-state index in [-0.39, 0.29) is 11.1 Å². The summed E-state index contributed by atoms with van der Waals surface area (Å²) in [6, 6.07) is 17.6. The molecule has 0 atom stereocenters. The molecule has 2 heterocycles. The highest BCUT2D eigenvalue weighted by atomic mass is 16.3. The molecule has 0 saturated heterocycles. The molecule has 0 bridgehead atoms. The van der Waals surface area contributed by atoms with Crippen LogP contribution in [0.5, 0.6) is 0 Å². The molecular weight excluding hydrogens is 330 g/mol. The van der Waals surface area contributed by atoms with Crippen molar-refractivity contribution in [2.75, 3.05) is 0 Å². The van der Waals surface area contributed by atoms with E-state index in [9.17, 15) is 0 Å². The fraction of sp³-hybridized carbons (Fsp3) is 0.160. The van der Waals surface area contributed by atoms with Gasteiger partial charge in [-0.15, -0.1) is 0 Å². The molecule has 0 radical (unpaired) electrons. The third kappa shape index (κ3) is 2.37. The quantitative estimate of drug-likeness (QED) is 0.328. The lowest BCUT2D eigenvalue weighted by Gasteiger charge is -2.07. The molecule has 2 nitrogen and oxygen atoms in total. The van der Waals surface area contributed by atoms with E-state index in [1.54, 1.807) is 11.6 Å². The van der Waals surface area contributed by atoms with Crippen LogP contribution < -0.4 is 4.57 Å². The second-order valence-corrected chi connectivity index (χ2v) is 7.02. The predicted molar refractivity (Wildman–Crippen MR) is 112 cm³/mol. The summed E-state index contributed by atoms with van der Waals surface area (Å²) < 4.78 is 55.0. The lowest BCUT2D eigenvalue weighted by molar-refractivity contribution is -0.660. The fourth-order valence-corrected chi connectivity index (χ4v) is 3.89. The van der Waals surface area contributed by atoms with Crippen LogP contribution in [0.3, 0.4) is 0 Å². The van der Waals surface area contributed by atoms with Gasteiger partial charge in [-0.25, -0.2) is 4.57 Å².